The Bertz CT molecular complexity index is 671. The van der Waals surface area contributed by atoms with Gasteiger partial charge in [-0.25, -0.2) is 4.39 Å². The van der Waals surface area contributed by atoms with Crippen LogP contribution in [0.2, 0.25) is 10.0 Å². The number of nitrogens with two attached hydrogens (primary N) is 1. The number of amides is 1. The molecule has 0 radical (unpaired) electrons. The van der Waals surface area contributed by atoms with Crippen LogP contribution < -0.4 is 5.73 Å². The zero-order valence-corrected chi connectivity index (χ0v) is 12.7. The van der Waals surface area contributed by atoms with Gasteiger partial charge in [0.05, 0.1) is 10.6 Å². The lowest BCUT2D eigenvalue weighted by molar-refractivity contribution is 0.0784. The van der Waals surface area contributed by atoms with Crippen LogP contribution in [-0.2, 0) is 6.54 Å². The number of carbonyl (C=O) groups excluding carboxylic acids is 1. The van der Waals surface area contributed by atoms with Crippen molar-refractivity contribution < 1.29 is 9.18 Å². The lowest BCUT2D eigenvalue weighted by Gasteiger charge is -2.19. The number of nitrogen functional groups attached to an aromatic ring is 1. The van der Waals surface area contributed by atoms with Crippen molar-refractivity contribution in [3.63, 3.8) is 0 Å². The van der Waals surface area contributed by atoms with E-state index in [9.17, 15) is 9.18 Å². The van der Waals surface area contributed by atoms with Gasteiger partial charge in [-0.3, -0.25) is 4.79 Å². The van der Waals surface area contributed by atoms with Gasteiger partial charge in [-0.2, -0.15) is 0 Å². The van der Waals surface area contributed by atoms with E-state index in [0.717, 1.165) is 0 Å². The number of halogens is 3. The first-order valence-corrected chi connectivity index (χ1v) is 6.89. The molecule has 0 fully saturated rings. The Hall–Kier alpha value is -1.78. The molecule has 2 aromatic carbocycles. The minimum Gasteiger partial charge on any atom is -0.399 e. The average molecular weight is 327 g/mol. The first kappa shape index (κ1) is 15.6. The summed E-state index contributed by atoms with van der Waals surface area (Å²) >= 11 is 12.0. The van der Waals surface area contributed by atoms with Crippen LogP contribution in [0.25, 0.3) is 0 Å². The molecule has 0 aliphatic carbocycles. The van der Waals surface area contributed by atoms with Gasteiger partial charge in [0, 0.05) is 29.9 Å². The number of hydrogen-bond acceptors (Lipinski definition) is 2. The first-order chi connectivity index (χ1) is 9.90. The van der Waals surface area contributed by atoms with Gasteiger partial charge in [-0.05, 0) is 30.3 Å². The Morgan fingerprint density at radius 1 is 1.24 bits per heavy atom. The van der Waals surface area contributed by atoms with Crippen molar-refractivity contribution in [1.82, 2.24) is 4.90 Å². The zero-order chi connectivity index (χ0) is 15.6. The Morgan fingerprint density at radius 2 is 1.95 bits per heavy atom. The van der Waals surface area contributed by atoms with Crippen LogP contribution in [-0.4, -0.2) is 17.9 Å². The first-order valence-electron chi connectivity index (χ1n) is 6.13. The second-order valence-electron chi connectivity index (χ2n) is 4.60. The monoisotopic (exact) mass is 326 g/mol. The number of rotatable bonds is 3. The third-order valence-electron chi connectivity index (χ3n) is 3.03. The molecule has 0 aromatic heterocycles. The molecule has 0 aliphatic rings. The number of hydrogen-bond donors (Lipinski definition) is 1. The maximum Gasteiger partial charge on any atom is 0.255 e. The van der Waals surface area contributed by atoms with E-state index >= 15 is 0 Å². The van der Waals surface area contributed by atoms with Gasteiger partial charge in [0.2, 0.25) is 0 Å². The summed E-state index contributed by atoms with van der Waals surface area (Å²) < 4.78 is 13.7. The maximum absolute atomic E-state index is 13.7. The van der Waals surface area contributed by atoms with E-state index in [4.69, 9.17) is 28.9 Å². The molecule has 0 bridgehead atoms. The summed E-state index contributed by atoms with van der Waals surface area (Å²) in [4.78, 5) is 13.7. The molecule has 1 amide bonds. The second kappa shape index (κ2) is 6.33. The van der Waals surface area contributed by atoms with E-state index in [1.165, 1.54) is 23.1 Å². The molecule has 21 heavy (non-hydrogen) atoms. The van der Waals surface area contributed by atoms with Gasteiger partial charge >= 0.3 is 0 Å². The molecule has 2 rings (SSSR count). The van der Waals surface area contributed by atoms with Crippen LogP contribution in [0.15, 0.2) is 36.4 Å². The number of benzene rings is 2. The predicted molar refractivity (Wildman–Crippen MR) is 83.1 cm³/mol. The zero-order valence-electron chi connectivity index (χ0n) is 11.2. The van der Waals surface area contributed by atoms with Crippen molar-refractivity contribution in [2.24, 2.45) is 0 Å². The van der Waals surface area contributed by atoms with Gasteiger partial charge in [0.1, 0.15) is 5.82 Å². The van der Waals surface area contributed by atoms with E-state index in [-0.39, 0.29) is 28.1 Å². The molecule has 0 heterocycles. The van der Waals surface area contributed by atoms with Gasteiger partial charge in [-0.1, -0.05) is 29.3 Å². The number of anilines is 1. The average Bonchev–Trinajstić information content (AvgIpc) is 2.42. The minimum absolute atomic E-state index is 0.0467. The van der Waals surface area contributed by atoms with Gasteiger partial charge in [0.15, 0.2) is 0 Å². The molecular formula is C15H13Cl2FN2O. The van der Waals surface area contributed by atoms with Crippen LogP contribution in [0.1, 0.15) is 15.9 Å². The van der Waals surface area contributed by atoms with E-state index < -0.39 is 5.82 Å². The fourth-order valence-electron chi connectivity index (χ4n) is 1.90. The molecule has 2 aromatic rings. The summed E-state index contributed by atoms with van der Waals surface area (Å²) in [6.45, 7) is 0.0467. The summed E-state index contributed by atoms with van der Waals surface area (Å²) in [6, 6.07) is 9.02. The van der Waals surface area contributed by atoms with Gasteiger partial charge < -0.3 is 10.6 Å². The summed E-state index contributed by atoms with van der Waals surface area (Å²) in [7, 11) is 1.55. The van der Waals surface area contributed by atoms with E-state index in [2.05, 4.69) is 0 Å². The van der Waals surface area contributed by atoms with Gasteiger partial charge in [0.25, 0.3) is 5.91 Å². The van der Waals surface area contributed by atoms with Crippen molar-refractivity contribution in [3.05, 3.63) is 63.4 Å². The highest BCUT2D eigenvalue weighted by Gasteiger charge is 2.18. The highest BCUT2D eigenvalue weighted by molar-refractivity contribution is 6.34. The standard InChI is InChI=1S/C15H13Cl2FN2O/c1-20(8-11-12(16)3-2-4-14(11)18)15(21)10-6-5-9(19)7-13(10)17/h2-7H,8,19H2,1H3. The van der Waals surface area contributed by atoms with Crippen molar-refractivity contribution in [3.8, 4) is 0 Å². The number of carbonyl (C=O) groups is 1. The fourth-order valence-corrected chi connectivity index (χ4v) is 2.40. The van der Waals surface area contributed by atoms with Crippen molar-refractivity contribution in [1.29, 1.82) is 0 Å². The van der Waals surface area contributed by atoms with Gasteiger partial charge in [-0.15, -0.1) is 0 Å². The van der Waals surface area contributed by atoms with Crippen LogP contribution >= 0.6 is 23.2 Å². The normalized spacial score (nSPS) is 10.5. The fraction of sp³-hybridized carbons (Fsp3) is 0.133. The second-order valence-corrected chi connectivity index (χ2v) is 5.42. The molecule has 0 aliphatic heterocycles. The maximum atomic E-state index is 13.7. The van der Waals surface area contributed by atoms with E-state index in [0.29, 0.717) is 11.3 Å². The van der Waals surface area contributed by atoms with Crippen molar-refractivity contribution in [2.75, 3.05) is 12.8 Å². The number of nitrogens with zero attached hydrogens (tertiary/aromatic N) is 1. The molecule has 3 nitrogen and oxygen atoms in total. The SMILES string of the molecule is CN(Cc1c(F)cccc1Cl)C(=O)c1ccc(N)cc1Cl. The van der Waals surface area contributed by atoms with Crippen LogP contribution in [0.4, 0.5) is 10.1 Å². The molecule has 0 unspecified atom stereocenters. The molecule has 0 atom stereocenters. The Labute approximate surface area is 132 Å². The van der Waals surface area contributed by atoms with Crippen LogP contribution in [0, 0.1) is 5.82 Å². The third-order valence-corrected chi connectivity index (χ3v) is 3.69. The largest absolute Gasteiger partial charge is 0.399 e. The van der Waals surface area contributed by atoms with Crippen molar-refractivity contribution >= 4 is 34.8 Å². The predicted octanol–water partition coefficient (Wildman–Crippen LogP) is 3.99. The lowest BCUT2D eigenvalue weighted by Crippen LogP contribution is -2.27. The minimum atomic E-state index is -0.453. The van der Waals surface area contributed by atoms with E-state index in [1.54, 1.807) is 25.2 Å². The molecule has 110 valence electrons. The van der Waals surface area contributed by atoms with Crippen LogP contribution in [0.5, 0.6) is 0 Å². The quantitative estimate of drug-likeness (QED) is 0.867. The summed E-state index contributed by atoms with van der Waals surface area (Å²) in [6.07, 6.45) is 0. The summed E-state index contributed by atoms with van der Waals surface area (Å²) in [5, 5.41) is 0.532. The molecule has 0 saturated carbocycles. The Morgan fingerprint density at radius 3 is 2.57 bits per heavy atom. The summed E-state index contributed by atoms with van der Waals surface area (Å²) in [5.74, 6) is -0.787. The summed E-state index contributed by atoms with van der Waals surface area (Å²) in [5.41, 5.74) is 6.63. The Balaban J connectivity index is 2.24. The molecule has 0 spiro atoms. The highest BCUT2D eigenvalue weighted by atomic mass is 35.5. The molecular weight excluding hydrogens is 314 g/mol. The van der Waals surface area contributed by atoms with Crippen molar-refractivity contribution in [2.45, 2.75) is 6.54 Å². The lowest BCUT2D eigenvalue weighted by atomic mass is 10.1. The highest BCUT2D eigenvalue weighted by Crippen LogP contribution is 2.24. The molecule has 2 N–H and O–H groups in total. The molecule has 0 saturated heterocycles. The molecule has 6 heteroatoms. The topological polar surface area (TPSA) is 46.3 Å². The van der Waals surface area contributed by atoms with Crippen LogP contribution in [0.3, 0.4) is 0 Å². The smallest absolute Gasteiger partial charge is 0.255 e. The Kier molecular flexibility index (Phi) is 4.70. The third kappa shape index (κ3) is 3.46. The van der Waals surface area contributed by atoms with E-state index in [1.807, 2.05) is 0 Å².